The molecular weight excluding hydrogens is 224 g/mol. The lowest BCUT2D eigenvalue weighted by Gasteiger charge is -2.42. The van der Waals surface area contributed by atoms with E-state index >= 15 is 0 Å². The summed E-state index contributed by atoms with van der Waals surface area (Å²) in [5, 5.41) is 0. The molecule has 0 radical (unpaired) electrons. The van der Waals surface area contributed by atoms with Crippen molar-refractivity contribution >= 4 is 5.97 Å². The Hall–Kier alpha value is -0.530. The van der Waals surface area contributed by atoms with Gasteiger partial charge in [-0.25, -0.2) is 0 Å². The molecule has 0 saturated heterocycles. The van der Waals surface area contributed by atoms with Crippen LogP contribution in [-0.4, -0.2) is 11.6 Å². The van der Waals surface area contributed by atoms with E-state index in [9.17, 15) is 4.79 Å². The number of hydrogen-bond acceptors (Lipinski definition) is 2. The van der Waals surface area contributed by atoms with Gasteiger partial charge in [0.15, 0.2) is 0 Å². The van der Waals surface area contributed by atoms with Gasteiger partial charge in [0.25, 0.3) is 0 Å². The van der Waals surface area contributed by atoms with E-state index in [-0.39, 0.29) is 17.0 Å². The van der Waals surface area contributed by atoms with Crippen molar-refractivity contribution in [2.24, 2.45) is 17.3 Å². The molecule has 2 heteroatoms. The van der Waals surface area contributed by atoms with Gasteiger partial charge >= 0.3 is 5.97 Å². The summed E-state index contributed by atoms with van der Waals surface area (Å²) in [5.74, 6) is 0.629. The molecule has 0 heterocycles. The fourth-order valence-corrected chi connectivity index (χ4v) is 2.38. The Balaban J connectivity index is 5.18. The van der Waals surface area contributed by atoms with Crippen LogP contribution >= 0.6 is 0 Å². The van der Waals surface area contributed by atoms with Crippen molar-refractivity contribution in [3.8, 4) is 0 Å². The summed E-state index contributed by atoms with van der Waals surface area (Å²) in [5.41, 5.74) is -0.707. The maximum Gasteiger partial charge on any atom is 0.312 e. The van der Waals surface area contributed by atoms with Crippen LogP contribution in [0.3, 0.4) is 0 Å². The minimum Gasteiger partial charge on any atom is -0.458 e. The topological polar surface area (TPSA) is 26.3 Å². The van der Waals surface area contributed by atoms with Gasteiger partial charge in [-0.1, -0.05) is 48.0 Å². The van der Waals surface area contributed by atoms with E-state index in [1.54, 1.807) is 0 Å². The van der Waals surface area contributed by atoms with Crippen LogP contribution in [-0.2, 0) is 9.53 Å². The highest BCUT2D eigenvalue weighted by Crippen LogP contribution is 2.37. The lowest BCUT2D eigenvalue weighted by molar-refractivity contribution is -0.184. The predicted molar refractivity (Wildman–Crippen MR) is 77.5 cm³/mol. The molecule has 0 fully saturated rings. The van der Waals surface area contributed by atoms with Crippen LogP contribution in [0.1, 0.15) is 74.7 Å². The molecule has 0 aliphatic heterocycles. The second-order valence-corrected chi connectivity index (χ2v) is 6.64. The monoisotopic (exact) mass is 256 g/mol. The molecule has 2 nitrogen and oxygen atoms in total. The number of rotatable bonds is 7. The predicted octanol–water partition coefficient (Wildman–Crippen LogP) is 4.82. The molecule has 108 valence electrons. The molecule has 0 N–H and O–H groups in total. The zero-order valence-corrected chi connectivity index (χ0v) is 13.6. The van der Waals surface area contributed by atoms with Crippen molar-refractivity contribution < 1.29 is 9.53 Å². The summed E-state index contributed by atoms with van der Waals surface area (Å²) in [6, 6.07) is 0. The minimum atomic E-state index is -0.386. The van der Waals surface area contributed by atoms with E-state index in [0.717, 1.165) is 19.3 Å². The number of hydrogen-bond donors (Lipinski definition) is 0. The average Bonchev–Trinajstić information content (AvgIpc) is 2.27. The minimum absolute atomic E-state index is 0.0548. The fourth-order valence-electron chi connectivity index (χ4n) is 2.38. The van der Waals surface area contributed by atoms with Crippen LogP contribution in [0.4, 0.5) is 0 Å². The Bertz CT molecular complexity index is 256. The van der Waals surface area contributed by atoms with Crippen molar-refractivity contribution in [1.82, 2.24) is 0 Å². The van der Waals surface area contributed by atoms with Crippen molar-refractivity contribution in [1.29, 1.82) is 0 Å². The number of carbonyl (C=O) groups is 1. The summed E-state index contributed by atoms with van der Waals surface area (Å²) >= 11 is 0. The Morgan fingerprint density at radius 2 is 1.50 bits per heavy atom. The Labute approximate surface area is 113 Å². The molecule has 0 aliphatic carbocycles. The molecule has 0 rings (SSSR count). The molecule has 0 atom stereocenters. The van der Waals surface area contributed by atoms with Crippen molar-refractivity contribution in [2.75, 3.05) is 0 Å². The van der Waals surface area contributed by atoms with Gasteiger partial charge in [-0.05, 0) is 38.5 Å². The molecule has 0 unspecified atom stereocenters. The van der Waals surface area contributed by atoms with Gasteiger partial charge in [-0.15, -0.1) is 0 Å². The third-order valence-electron chi connectivity index (χ3n) is 4.31. The number of ether oxygens (including phenoxy) is 1. The molecule has 0 aliphatic rings. The van der Waals surface area contributed by atoms with E-state index < -0.39 is 0 Å². The van der Waals surface area contributed by atoms with Gasteiger partial charge in [-0.2, -0.15) is 0 Å². The van der Waals surface area contributed by atoms with Crippen molar-refractivity contribution in [2.45, 2.75) is 80.3 Å². The third-order valence-corrected chi connectivity index (χ3v) is 4.31. The van der Waals surface area contributed by atoms with Gasteiger partial charge in [0, 0.05) is 0 Å². The normalized spacial score (nSPS) is 13.2. The first-order valence-corrected chi connectivity index (χ1v) is 7.37. The van der Waals surface area contributed by atoms with Crippen molar-refractivity contribution in [3.05, 3.63) is 0 Å². The third kappa shape index (κ3) is 3.73. The average molecular weight is 256 g/mol. The lowest BCUT2D eigenvalue weighted by Crippen LogP contribution is -2.47. The van der Waals surface area contributed by atoms with Gasteiger partial charge in [-0.3, -0.25) is 4.79 Å². The maximum absolute atomic E-state index is 12.4. The van der Waals surface area contributed by atoms with E-state index in [0.29, 0.717) is 11.8 Å². The van der Waals surface area contributed by atoms with Crippen LogP contribution in [0.15, 0.2) is 0 Å². The van der Waals surface area contributed by atoms with E-state index in [4.69, 9.17) is 4.74 Å². The summed E-state index contributed by atoms with van der Waals surface area (Å²) < 4.78 is 6.02. The van der Waals surface area contributed by atoms with Gasteiger partial charge < -0.3 is 4.74 Å². The molecule has 0 bridgehead atoms. The first-order valence-electron chi connectivity index (χ1n) is 7.37. The first-order chi connectivity index (χ1) is 8.14. The highest BCUT2D eigenvalue weighted by atomic mass is 16.6. The van der Waals surface area contributed by atoms with Crippen LogP contribution < -0.4 is 0 Å². The lowest BCUT2D eigenvalue weighted by atomic mass is 9.76. The van der Waals surface area contributed by atoms with Crippen LogP contribution in [0, 0.1) is 17.3 Å². The van der Waals surface area contributed by atoms with Crippen LogP contribution in [0.2, 0.25) is 0 Å². The smallest absolute Gasteiger partial charge is 0.312 e. The SMILES string of the molecule is CCCC(OC(=O)C(C)(C)CC)(C(C)C)C(C)C. The highest BCUT2D eigenvalue weighted by molar-refractivity contribution is 5.76. The molecule has 0 aromatic carbocycles. The summed E-state index contributed by atoms with van der Waals surface area (Å²) in [4.78, 5) is 12.4. The van der Waals surface area contributed by atoms with Gasteiger partial charge in [0.05, 0.1) is 5.41 Å². The zero-order chi connectivity index (χ0) is 14.6. The maximum atomic E-state index is 12.4. The molecule has 0 saturated carbocycles. The van der Waals surface area contributed by atoms with E-state index in [1.807, 2.05) is 20.8 Å². The second-order valence-electron chi connectivity index (χ2n) is 6.64. The Morgan fingerprint density at radius 1 is 1.06 bits per heavy atom. The summed E-state index contributed by atoms with van der Waals surface area (Å²) in [6.45, 7) is 16.7. The summed E-state index contributed by atoms with van der Waals surface area (Å²) in [7, 11) is 0. The molecular formula is C16H32O2. The Morgan fingerprint density at radius 3 is 1.78 bits per heavy atom. The summed E-state index contributed by atoms with van der Waals surface area (Å²) in [6.07, 6.45) is 2.79. The molecule has 0 aromatic rings. The molecule has 0 amide bonds. The number of esters is 1. The van der Waals surface area contributed by atoms with Gasteiger partial charge in [0.1, 0.15) is 5.60 Å². The van der Waals surface area contributed by atoms with Crippen LogP contribution in [0.25, 0.3) is 0 Å². The van der Waals surface area contributed by atoms with Crippen LogP contribution in [0.5, 0.6) is 0 Å². The standard InChI is InChI=1S/C16H32O2/c1-9-11-16(12(3)4,13(5)6)18-14(17)15(7,8)10-2/h12-13H,9-11H2,1-8H3. The fraction of sp³-hybridized carbons (Fsp3) is 0.938. The molecule has 0 aromatic heterocycles. The largest absolute Gasteiger partial charge is 0.458 e. The zero-order valence-electron chi connectivity index (χ0n) is 13.6. The number of carbonyl (C=O) groups excluding carboxylic acids is 1. The van der Waals surface area contributed by atoms with E-state index in [2.05, 4.69) is 34.6 Å². The highest BCUT2D eigenvalue weighted by Gasteiger charge is 2.42. The van der Waals surface area contributed by atoms with E-state index in [1.165, 1.54) is 0 Å². The van der Waals surface area contributed by atoms with Gasteiger partial charge in [0.2, 0.25) is 0 Å². The first kappa shape index (κ1) is 17.5. The Kier molecular flexibility index (Phi) is 6.39. The molecule has 18 heavy (non-hydrogen) atoms. The van der Waals surface area contributed by atoms with Crippen molar-refractivity contribution in [3.63, 3.8) is 0 Å². The molecule has 0 spiro atoms. The second kappa shape index (κ2) is 6.58. The quantitative estimate of drug-likeness (QED) is 0.611.